The predicted octanol–water partition coefficient (Wildman–Crippen LogP) is 0.181. The lowest BCUT2D eigenvalue weighted by Crippen LogP contribution is -2.28. The van der Waals surface area contributed by atoms with Gasteiger partial charge in [-0.1, -0.05) is 0 Å². The fraction of sp³-hybridized carbons (Fsp3) is 0.667. The molecule has 0 aromatic rings. The van der Waals surface area contributed by atoms with E-state index < -0.39 is 11.4 Å². The molecule has 10 heavy (non-hydrogen) atoms. The van der Waals surface area contributed by atoms with Crippen molar-refractivity contribution in [1.82, 2.24) is 0 Å². The smallest absolute Gasteiger partial charge is 0.417 e. The summed E-state index contributed by atoms with van der Waals surface area (Å²) in [6, 6.07) is 0. The second kappa shape index (κ2) is 3.20. The Hall–Kier alpha value is -1.06. The zero-order chi connectivity index (χ0) is 8.20. The number of rotatable bonds is 4. The van der Waals surface area contributed by atoms with Crippen LogP contribution in [0.15, 0.2) is 0 Å². The zero-order valence-corrected chi connectivity index (χ0v) is 5.88. The number of hydrogen-bond donors (Lipinski definition) is 1. The third kappa shape index (κ3) is 2.48. The van der Waals surface area contributed by atoms with Gasteiger partial charge in [0.05, 0.1) is 5.41 Å². The zero-order valence-electron chi connectivity index (χ0n) is 5.88. The molecule has 1 radical (unpaired) electrons. The second-order valence-electron chi connectivity index (χ2n) is 2.56. The molecule has 0 spiro atoms. The van der Waals surface area contributed by atoms with Gasteiger partial charge in [-0.25, -0.2) is 4.79 Å². The van der Waals surface area contributed by atoms with Gasteiger partial charge in [0.25, 0.3) is 0 Å². The Morgan fingerprint density at radius 1 is 1.70 bits per heavy atom. The molecule has 57 valence electrons. The molecule has 0 aliphatic heterocycles. The summed E-state index contributed by atoms with van der Waals surface area (Å²) < 4.78 is 4.17. The Balaban J connectivity index is 3.86. The van der Waals surface area contributed by atoms with E-state index >= 15 is 0 Å². The third-order valence-electron chi connectivity index (χ3n) is 1.07. The van der Waals surface area contributed by atoms with E-state index in [1.807, 2.05) is 0 Å². The van der Waals surface area contributed by atoms with Crippen LogP contribution in [0.1, 0.15) is 13.8 Å². The largest absolute Gasteiger partial charge is 0.481 e. The van der Waals surface area contributed by atoms with Crippen molar-refractivity contribution in [3.05, 3.63) is 0 Å². The Morgan fingerprint density at radius 3 is 2.50 bits per heavy atom. The molecule has 0 fully saturated rings. The van der Waals surface area contributed by atoms with Crippen molar-refractivity contribution < 1.29 is 19.4 Å². The molecule has 0 aromatic heterocycles. The van der Waals surface area contributed by atoms with Crippen molar-refractivity contribution in [2.75, 3.05) is 6.61 Å². The van der Waals surface area contributed by atoms with Crippen LogP contribution in [0.25, 0.3) is 0 Å². The summed E-state index contributed by atoms with van der Waals surface area (Å²) in [6.07, 6.45) is 0. The van der Waals surface area contributed by atoms with Gasteiger partial charge in [-0.15, -0.1) is 0 Å². The molecule has 0 bridgehead atoms. The molecule has 0 amide bonds. The summed E-state index contributed by atoms with van der Waals surface area (Å²) in [5.41, 5.74) is -1.02. The highest BCUT2D eigenvalue weighted by Gasteiger charge is 2.27. The average molecular weight is 145 g/mol. The summed E-state index contributed by atoms with van der Waals surface area (Å²) >= 11 is 0. The normalized spacial score (nSPS) is 10.6. The van der Waals surface area contributed by atoms with Crippen molar-refractivity contribution in [2.45, 2.75) is 13.8 Å². The molecule has 1 N–H and O–H groups in total. The van der Waals surface area contributed by atoms with E-state index in [1.54, 1.807) is 0 Å². The maximum atomic E-state index is 10.3. The van der Waals surface area contributed by atoms with E-state index in [1.165, 1.54) is 20.3 Å². The molecule has 0 atom stereocenters. The first-order chi connectivity index (χ1) is 4.50. The first-order valence-corrected chi connectivity index (χ1v) is 2.73. The molecule has 0 aromatic carbocycles. The predicted molar refractivity (Wildman–Crippen MR) is 33.1 cm³/mol. The molecule has 0 heterocycles. The summed E-state index contributed by atoms with van der Waals surface area (Å²) in [5, 5.41) is 8.46. The fourth-order valence-electron chi connectivity index (χ4n) is 0.272. The van der Waals surface area contributed by atoms with Gasteiger partial charge in [0.2, 0.25) is 0 Å². The van der Waals surface area contributed by atoms with Crippen LogP contribution in [0.5, 0.6) is 0 Å². The average Bonchev–Trinajstić information content (AvgIpc) is 1.84. The molecule has 0 unspecified atom stereocenters. The number of carboxylic acid groups (broad SMARTS) is 1. The quantitative estimate of drug-likeness (QED) is 0.613. The third-order valence-corrected chi connectivity index (χ3v) is 1.07. The summed E-state index contributed by atoms with van der Waals surface area (Å²) in [6.45, 7) is 3.95. The van der Waals surface area contributed by atoms with Gasteiger partial charge in [0.15, 0.2) is 0 Å². The molecule has 4 nitrogen and oxygen atoms in total. The highest BCUT2D eigenvalue weighted by Crippen LogP contribution is 2.14. The maximum Gasteiger partial charge on any atom is 0.417 e. The molecule has 0 saturated heterocycles. The Kier molecular flexibility index (Phi) is 2.86. The molecule has 0 aliphatic rings. The molecule has 0 aliphatic carbocycles. The van der Waals surface area contributed by atoms with Gasteiger partial charge in [-0.05, 0) is 13.8 Å². The fourth-order valence-corrected chi connectivity index (χ4v) is 0.272. The number of aliphatic carboxylic acids is 1. The molecular formula is C6H9O4. The SMILES string of the molecule is CC(C)(CO[C]=O)C(=O)O. The van der Waals surface area contributed by atoms with Gasteiger partial charge < -0.3 is 9.84 Å². The van der Waals surface area contributed by atoms with Crippen LogP contribution in [0.3, 0.4) is 0 Å². The summed E-state index contributed by atoms with van der Waals surface area (Å²) in [5.74, 6) is -0.997. The Labute approximate surface area is 58.8 Å². The number of ether oxygens (including phenoxy) is 1. The minimum atomic E-state index is -1.02. The van der Waals surface area contributed by atoms with E-state index in [0.717, 1.165) is 0 Å². The van der Waals surface area contributed by atoms with E-state index in [0.29, 0.717) is 0 Å². The van der Waals surface area contributed by atoms with Crippen molar-refractivity contribution in [2.24, 2.45) is 5.41 Å². The standard InChI is InChI=1S/C6H9O4/c1-6(2,5(8)9)3-10-4-7/h3H2,1-2H3,(H,8,9). The van der Waals surface area contributed by atoms with Crippen LogP contribution in [-0.2, 0) is 14.3 Å². The number of carbonyl (C=O) groups is 1. The van der Waals surface area contributed by atoms with Crippen molar-refractivity contribution in [3.8, 4) is 0 Å². The minimum absolute atomic E-state index is 0.147. The first kappa shape index (κ1) is 8.94. The number of carbonyl (C=O) groups excluding carboxylic acids is 1. The van der Waals surface area contributed by atoms with Crippen LogP contribution in [0.4, 0.5) is 0 Å². The monoisotopic (exact) mass is 145 g/mol. The minimum Gasteiger partial charge on any atom is -0.481 e. The van der Waals surface area contributed by atoms with Crippen molar-refractivity contribution in [3.63, 3.8) is 0 Å². The number of hydrogen-bond acceptors (Lipinski definition) is 3. The van der Waals surface area contributed by atoms with Gasteiger partial charge in [-0.2, -0.15) is 0 Å². The molecular weight excluding hydrogens is 136 g/mol. The van der Waals surface area contributed by atoms with Crippen LogP contribution in [0, 0.1) is 5.41 Å². The van der Waals surface area contributed by atoms with E-state index in [9.17, 15) is 9.59 Å². The first-order valence-electron chi connectivity index (χ1n) is 2.73. The molecule has 0 saturated carbocycles. The van der Waals surface area contributed by atoms with Crippen LogP contribution < -0.4 is 0 Å². The van der Waals surface area contributed by atoms with Gasteiger partial charge in [0.1, 0.15) is 6.61 Å². The second-order valence-corrected chi connectivity index (χ2v) is 2.56. The summed E-state index contributed by atoms with van der Waals surface area (Å²) in [4.78, 5) is 19.9. The van der Waals surface area contributed by atoms with Crippen molar-refractivity contribution >= 4 is 12.4 Å². The van der Waals surface area contributed by atoms with Gasteiger partial charge in [0, 0.05) is 0 Å². The lowest BCUT2D eigenvalue weighted by atomic mass is 9.95. The maximum absolute atomic E-state index is 10.3. The van der Waals surface area contributed by atoms with Crippen LogP contribution >= 0.6 is 0 Å². The van der Waals surface area contributed by atoms with Crippen molar-refractivity contribution in [1.29, 1.82) is 0 Å². The molecule has 0 rings (SSSR count). The topological polar surface area (TPSA) is 63.6 Å². The van der Waals surface area contributed by atoms with Crippen LogP contribution in [-0.4, -0.2) is 24.2 Å². The highest BCUT2D eigenvalue weighted by molar-refractivity contribution is 5.73. The Bertz CT molecular complexity index is 139. The Morgan fingerprint density at radius 2 is 2.20 bits per heavy atom. The van der Waals surface area contributed by atoms with Gasteiger partial charge >= 0.3 is 12.4 Å². The molecule has 4 heteroatoms. The lowest BCUT2D eigenvalue weighted by Gasteiger charge is -2.15. The van der Waals surface area contributed by atoms with E-state index in [4.69, 9.17) is 5.11 Å². The highest BCUT2D eigenvalue weighted by atomic mass is 16.5. The lowest BCUT2D eigenvalue weighted by molar-refractivity contribution is -0.148. The summed E-state index contributed by atoms with van der Waals surface area (Å²) in [7, 11) is 0. The van der Waals surface area contributed by atoms with E-state index in [-0.39, 0.29) is 6.61 Å². The van der Waals surface area contributed by atoms with Crippen LogP contribution in [0.2, 0.25) is 0 Å². The van der Waals surface area contributed by atoms with E-state index in [2.05, 4.69) is 4.74 Å². The number of carboxylic acids is 1. The van der Waals surface area contributed by atoms with Gasteiger partial charge in [-0.3, -0.25) is 4.79 Å².